The van der Waals surface area contributed by atoms with Gasteiger partial charge in [-0.3, -0.25) is 14.1 Å². The summed E-state index contributed by atoms with van der Waals surface area (Å²) in [5.74, 6) is -0.988. The van der Waals surface area contributed by atoms with E-state index in [1.807, 2.05) is 6.92 Å². The molecular weight excluding hydrogens is 522 g/mol. The van der Waals surface area contributed by atoms with Gasteiger partial charge in [0.15, 0.2) is 5.84 Å². The average Bonchev–Trinajstić information content (AvgIpc) is 2.83. The van der Waals surface area contributed by atoms with E-state index in [0.717, 1.165) is 18.7 Å². The second-order valence-corrected chi connectivity index (χ2v) is 12.9. The largest absolute Gasteiger partial charge is 0.506 e. The van der Waals surface area contributed by atoms with E-state index in [-0.39, 0.29) is 33.5 Å². The van der Waals surface area contributed by atoms with Crippen LogP contribution in [0.1, 0.15) is 32.3 Å². The summed E-state index contributed by atoms with van der Waals surface area (Å²) in [6, 6.07) is 8.01. The fourth-order valence-corrected chi connectivity index (χ4v) is 6.23. The lowest BCUT2D eigenvalue weighted by Crippen LogP contribution is -2.34. The van der Waals surface area contributed by atoms with Gasteiger partial charge in [0, 0.05) is 24.7 Å². The normalized spacial score (nSPS) is 18.1. The van der Waals surface area contributed by atoms with E-state index in [4.69, 9.17) is 4.52 Å². The molecule has 0 amide bonds. The number of hydrogen-bond donors (Lipinski definition) is 3. The number of sulfonamides is 1. The SMILES string of the molecule is CCC(C)CCn1c(=O)c(C2=NP(=O)(OC)c3cc(NS(C)(=O)=O)ccc3N2)c(O)c2cc(F)ccc21. The van der Waals surface area contributed by atoms with E-state index >= 15 is 0 Å². The predicted molar refractivity (Wildman–Crippen MR) is 143 cm³/mol. The zero-order valence-corrected chi connectivity index (χ0v) is 22.5. The van der Waals surface area contributed by atoms with Crippen molar-refractivity contribution in [2.45, 2.75) is 33.2 Å². The Hall–Kier alpha value is -3.21. The number of hydrogen-bond acceptors (Lipinski definition) is 7. The maximum absolute atomic E-state index is 14.2. The summed E-state index contributed by atoms with van der Waals surface area (Å²) in [7, 11) is -6.43. The third-order valence-electron chi connectivity index (χ3n) is 6.32. The van der Waals surface area contributed by atoms with Gasteiger partial charge in [-0.1, -0.05) is 20.3 Å². The van der Waals surface area contributed by atoms with E-state index in [0.29, 0.717) is 24.4 Å². The van der Waals surface area contributed by atoms with Crippen LogP contribution in [0.3, 0.4) is 0 Å². The summed E-state index contributed by atoms with van der Waals surface area (Å²) < 4.78 is 64.4. The molecule has 2 aromatic carbocycles. The van der Waals surface area contributed by atoms with Crippen LogP contribution < -0.4 is 20.9 Å². The Morgan fingerprint density at radius 3 is 2.65 bits per heavy atom. The molecule has 0 saturated carbocycles. The molecule has 37 heavy (non-hydrogen) atoms. The van der Waals surface area contributed by atoms with Crippen molar-refractivity contribution in [3.8, 4) is 5.75 Å². The van der Waals surface area contributed by atoms with Crippen molar-refractivity contribution in [2.24, 2.45) is 10.7 Å². The van der Waals surface area contributed by atoms with Crippen molar-refractivity contribution in [1.29, 1.82) is 0 Å². The fourth-order valence-electron chi connectivity index (χ4n) is 4.14. The molecular formula is C24H28FN4O6PS. The Morgan fingerprint density at radius 2 is 2.00 bits per heavy atom. The van der Waals surface area contributed by atoms with E-state index in [9.17, 15) is 27.3 Å². The molecule has 0 bridgehead atoms. The van der Waals surface area contributed by atoms with E-state index < -0.39 is 34.7 Å². The van der Waals surface area contributed by atoms with Gasteiger partial charge in [0.1, 0.15) is 17.1 Å². The van der Waals surface area contributed by atoms with Gasteiger partial charge in [-0.25, -0.2) is 12.8 Å². The highest BCUT2D eigenvalue weighted by Gasteiger charge is 2.35. The van der Waals surface area contributed by atoms with Crippen LogP contribution in [-0.4, -0.2) is 37.3 Å². The molecule has 0 aliphatic carbocycles. The van der Waals surface area contributed by atoms with Gasteiger partial charge in [0.05, 0.1) is 22.8 Å². The number of rotatable bonds is 8. The molecule has 13 heteroatoms. The number of nitrogens with one attached hydrogen (secondary N) is 2. The van der Waals surface area contributed by atoms with Crippen LogP contribution in [0.2, 0.25) is 0 Å². The second kappa shape index (κ2) is 9.92. The number of nitrogens with zero attached hydrogens (tertiary/aromatic N) is 2. The van der Waals surface area contributed by atoms with Crippen molar-refractivity contribution in [3.05, 3.63) is 58.1 Å². The molecule has 1 aliphatic heterocycles. The van der Waals surface area contributed by atoms with Crippen LogP contribution in [-0.2, 0) is 25.7 Å². The smallest absolute Gasteiger partial charge is 0.348 e. The zero-order valence-electron chi connectivity index (χ0n) is 20.8. The highest BCUT2D eigenvalue weighted by molar-refractivity contribution is 7.92. The average molecular weight is 551 g/mol. The van der Waals surface area contributed by atoms with E-state index in [1.165, 1.54) is 42.0 Å². The lowest BCUT2D eigenvalue weighted by atomic mass is 10.0. The van der Waals surface area contributed by atoms with E-state index in [2.05, 4.69) is 21.7 Å². The van der Waals surface area contributed by atoms with Gasteiger partial charge in [-0.05, 0) is 48.7 Å². The fraction of sp³-hybridized carbons (Fsp3) is 0.333. The van der Waals surface area contributed by atoms with Gasteiger partial charge in [0.25, 0.3) is 5.56 Å². The number of anilines is 2. The molecule has 0 radical (unpaired) electrons. The van der Waals surface area contributed by atoms with Gasteiger partial charge >= 0.3 is 7.52 Å². The third-order valence-corrected chi connectivity index (χ3v) is 8.86. The van der Waals surface area contributed by atoms with Crippen molar-refractivity contribution in [1.82, 2.24) is 4.57 Å². The highest BCUT2D eigenvalue weighted by Crippen LogP contribution is 2.52. The molecule has 3 N–H and O–H groups in total. The molecule has 2 heterocycles. The third kappa shape index (κ3) is 5.27. The van der Waals surface area contributed by atoms with E-state index in [1.54, 1.807) is 0 Å². The van der Waals surface area contributed by atoms with Crippen LogP contribution in [0, 0.1) is 11.7 Å². The molecule has 0 fully saturated rings. The molecule has 2 unspecified atom stereocenters. The minimum absolute atomic E-state index is 0.0795. The van der Waals surface area contributed by atoms with Crippen LogP contribution in [0.5, 0.6) is 5.75 Å². The first-order chi connectivity index (χ1) is 17.4. The topological polar surface area (TPSA) is 139 Å². The van der Waals surface area contributed by atoms with Gasteiger partial charge in [-0.15, -0.1) is 0 Å². The molecule has 1 aromatic heterocycles. The highest BCUT2D eigenvalue weighted by atomic mass is 32.2. The molecule has 4 rings (SSSR count). The Balaban J connectivity index is 1.91. The standard InChI is InChI=1S/C24H28FN4O6PS/c1-5-14(2)10-11-29-19-9-6-15(25)12-17(19)22(30)21(24(29)31)23-26-18-8-7-16(28-37(4,33)34)13-20(18)36(32,27-23)35-3/h6-9,12-14,28,30H,5,10-11H2,1-4H3,(H,26,27,32). The number of halogens is 1. The quantitative estimate of drug-likeness (QED) is 0.361. The molecule has 0 spiro atoms. The number of aromatic hydroxyl groups is 1. The summed E-state index contributed by atoms with van der Waals surface area (Å²) in [6.07, 6.45) is 2.56. The first kappa shape index (κ1) is 26.8. The van der Waals surface area contributed by atoms with Gasteiger partial charge in [-0.2, -0.15) is 4.76 Å². The number of aromatic nitrogens is 1. The van der Waals surface area contributed by atoms with Crippen LogP contribution >= 0.6 is 7.52 Å². The first-order valence-corrected chi connectivity index (χ1v) is 15.0. The van der Waals surface area contributed by atoms with Crippen LogP contribution in [0.25, 0.3) is 10.9 Å². The number of pyridine rings is 1. The number of fused-ring (bicyclic) bond motifs is 2. The number of benzene rings is 2. The summed E-state index contributed by atoms with van der Waals surface area (Å²) in [6.45, 7) is 4.41. The van der Waals surface area contributed by atoms with Crippen LogP contribution in [0.15, 0.2) is 46.0 Å². The Kier molecular flexibility index (Phi) is 7.20. The van der Waals surface area contributed by atoms with Gasteiger partial charge < -0.3 is 19.5 Å². The summed E-state index contributed by atoms with van der Waals surface area (Å²) in [5, 5.41) is 14.2. The van der Waals surface area contributed by atoms with Crippen molar-refractivity contribution in [2.75, 3.05) is 23.4 Å². The lowest BCUT2D eigenvalue weighted by Gasteiger charge is -2.25. The minimum atomic E-state index is -4.00. The van der Waals surface area contributed by atoms with Gasteiger partial charge in [0.2, 0.25) is 10.0 Å². The van der Waals surface area contributed by atoms with Crippen molar-refractivity contribution < 1.29 is 27.0 Å². The Labute approximate surface area is 213 Å². The monoisotopic (exact) mass is 550 g/mol. The number of amidine groups is 1. The molecule has 2 atom stereocenters. The molecule has 1 aliphatic rings. The first-order valence-electron chi connectivity index (χ1n) is 11.6. The lowest BCUT2D eigenvalue weighted by molar-refractivity contribution is 0.404. The number of aryl methyl sites for hydroxylation is 1. The second-order valence-electron chi connectivity index (χ2n) is 9.03. The molecule has 0 saturated heterocycles. The maximum atomic E-state index is 14.2. The summed E-state index contributed by atoms with van der Waals surface area (Å²) in [5.41, 5.74) is -0.107. The van der Waals surface area contributed by atoms with Crippen molar-refractivity contribution >= 4 is 51.0 Å². The molecule has 198 valence electrons. The molecule has 3 aromatic rings. The Morgan fingerprint density at radius 1 is 1.27 bits per heavy atom. The minimum Gasteiger partial charge on any atom is -0.506 e. The zero-order chi connectivity index (χ0) is 27.1. The Bertz CT molecular complexity index is 1640. The predicted octanol–water partition coefficient (Wildman–Crippen LogP) is 3.99. The summed E-state index contributed by atoms with van der Waals surface area (Å²) >= 11 is 0. The van der Waals surface area contributed by atoms with Crippen LogP contribution in [0.4, 0.5) is 15.8 Å². The summed E-state index contributed by atoms with van der Waals surface area (Å²) in [4.78, 5) is 13.7. The molecule has 10 nitrogen and oxygen atoms in total. The maximum Gasteiger partial charge on any atom is 0.348 e. The van der Waals surface area contributed by atoms with Crippen molar-refractivity contribution in [3.63, 3.8) is 0 Å².